The lowest BCUT2D eigenvalue weighted by atomic mass is 10.1. The van der Waals surface area contributed by atoms with Crippen molar-refractivity contribution in [2.75, 3.05) is 45.3 Å². The molecule has 0 radical (unpaired) electrons. The Hall–Kier alpha value is -3.62. The summed E-state index contributed by atoms with van der Waals surface area (Å²) in [5, 5.41) is 3.91. The summed E-state index contributed by atoms with van der Waals surface area (Å²) in [6.07, 6.45) is 1.74. The SMILES string of the molecule is COc1ccc(C(=O)N2CCN(c3ccc(-c4noc(C)n4)cn3)CC2)c(OC)c1. The van der Waals surface area contributed by atoms with E-state index in [4.69, 9.17) is 14.0 Å². The predicted molar refractivity (Wildman–Crippen MR) is 110 cm³/mol. The van der Waals surface area contributed by atoms with Crippen LogP contribution < -0.4 is 14.4 Å². The maximum absolute atomic E-state index is 13.0. The van der Waals surface area contributed by atoms with E-state index in [0.717, 1.165) is 11.4 Å². The molecule has 2 aromatic heterocycles. The summed E-state index contributed by atoms with van der Waals surface area (Å²) in [5.41, 5.74) is 1.33. The van der Waals surface area contributed by atoms with Gasteiger partial charge in [0.15, 0.2) is 0 Å². The minimum absolute atomic E-state index is 0.0510. The van der Waals surface area contributed by atoms with Crippen molar-refractivity contribution in [2.24, 2.45) is 0 Å². The van der Waals surface area contributed by atoms with E-state index in [-0.39, 0.29) is 5.91 Å². The van der Waals surface area contributed by atoms with Gasteiger partial charge in [-0.15, -0.1) is 0 Å². The van der Waals surface area contributed by atoms with E-state index >= 15 is 0 Å². The third-order valence-corrected chi connectivity index (χ3v) is 5.06. The van der Waals surface area contributed by atoms with Crippen LogP contribution in [0.25, 0.3) is 11.4 Å². The Labute approximate surface area is 174 Å². The number of hydrogen-bond donors (Lipinski definition) is 0. The smallest absolute Gasteiger partial charge is 0.257 e. The third-order valence-electron chi connectivity index (χ3n) is 5.06. The second-order valence-electron chi connectivity index (χ2n) is 6.89. The van der Waals surface area contributed by atoms with Gasteiger partial charge in [-0.2, -0.15) is 4.98 Å². The number of amides is 1. The Morgan fingerprint density at radius 2 is 1.87 bits per heavy atom. The van der Waals surface area contributed by atoms with Crippen LogP contribution in [0.3, 0.4) is 0 Å². The van der Waals surface area contributed by atoms with E-state index in [2.05, 4.69) is 20.0 Å². The van der Waals surface area contributed by atoms with Gasteiger partial charge in [0.2, 0.25) is 11.7 Å². The Morgan fingerprint density at radius 1 is 1.07 bits per heavy atom. The highest BCUT2D eigenvalue weighted by molar-refractivity contribution is 5.97. The molecule has 1 amide bonds. The normalized spacial score (nSPS) is 14.0. The molecular weight excluding hydrogens is 386 g/mol. The summed E-state index contributed by atoms with van der Waals surface area (Å²) in [5.74, 6) is 3.01. The first kappa shape index (κ1) is 19.7. The summed E-state index contributed by atoms with van der Waals surface area (Å²) >= 11 is 0. The molecule has 9 nitrogen and oxygen atoms in total. The van der Waals surface area contributed by atoms with Gasteiger partial charge in [0.1, 0.15) is 17.3 Å². The Morgan fingerprint density at radius 3 is 2.47 bits per heavy atom. The second kappa shape index (κ2) is 8.40. The highest BCUT2D eigenvalue weighted by Crippen LogP contribution is 2.26. The monoisotopic (exact) mass is 409 g/mol. The zero-order valence-corrected chi connectivity index (χ0v) is 17.2. The van der Waals surface area contributed by atoms with Crippen LogP contribution in [0.2, 0.25) is 0 Å². The summed E-state index contributed by atoms with van der Waals surface area (Å²) in [4.78, 5) is 25.7. The number of rotatable bonds is 5. The van der Waals surface area contributed by atoms with Crippen molar-refractivity contribution in [1.82, 2.24) is 20.0 Å². The van der Waals surface area contributed by atoms with E-state index in [1.807, 2.05) is 17.0 Å². The number of carbonyl (C=O) groups is 1. The van der Waals surface area contributed by atoms with Gasteiger partial charge in [-0.1, -0.05) is 5.16 Å². The van der Waals surface area contributed by atoms with E-state index in [0.29, 0.717) is 55.0 Å². The number of pyridine rings is 1. The van der Waals surface area contributed by atoms with Crippen LogP contribution in [0.4, 0.5) is 5.82 Å². The quantitative estimate of drug-likeness (QED) is 0.634. The number of aromatic nitrogens is 3. The van der Waals surface area contributed by atoms with Crippen molar-refractivity contribution in [2.45, 2.75) is 6.92 Å². The molecule has 3 aromatic rings. The predicted octanol–water partition coefficient (Wildman–Crippen LogP) is 2.42. The van der Waals surface area contributed by atoms with E-state index in [9.17, 15) is 4.79 Å². The van der Waals surface area contributed by atoms with Crippen molar-refractivity contribution in [3.8, 4) is 22.9 Å². The molecule has 0 spiro atoms. The van der Waals surface area contributed by atoms with Crippen molar-refractivity contribution < 1.29 is 18.8 Å². The van der Waals surface area contributed by atoms with E-state index in [1.165, 1.54) is 0 Å². The van der Waals surface area contributed by atoms with Crippen LogP contribution >= 0.6 is 0 Å². The summed E-state index contributed by atoms with van der Waals surface area (Å²) in [6, 6.07) is 9.09. The fourth-order valence-electron chi connectivity index (χ4n) is 3.41. The van der Waals surface area contributed by atoms with Gasteiger partial charge in [-0.3, -0.25) is 4.79 Å². The molecule has 1 aliphatic heterocycles. The fraction of sp³-hybridized carbons (Fsp3) is 0.333. The van der Waals surface area contributed by atoms with Crippen LogP contribution in [0.5, 0.6) is 11.5 Å². The first-order chi connectivity index (χ1) is 14.6. The number of methoxy groups -OCH3 is 2. The molecule has 1 fully saturated rings. The van der Waals surface area contributed by atoms with Gasteiger partial charge >= 0.3 is 0 Å². The van der Waals surface area contributed by atoms with Crippen LogP contribution in [-0.4, -0.2) is 66.3 Å². The first-order valence-corrected chi connectivity index (χ1v) is 9.62. The van der Waals surface area contributed by atoms with Gasteiger partial charge < -0.3 is 23.8 Å². The Balaban J connectivity index is 1.41. The molecule has 9 heteroatoms. The largest absolute Gasteiger partial charge is 0.497 e. The average Bonchev–Trinajstić information content (AvgIpc) is 3.24. The minimum Gasteiger partial charge on any atom is -0.497 e. The lowest BCUT2D eigenvalue weighted by Crippen LogP contribution is -2.49. The molecule has 1 aromatic carbocycles. The Kier molecular flexibility index (Phi) is 5.51. The molecule has 1 saturated heterocycles. The van der Waals surface area contributed by atoms with E-state index < -0.39 is 0 Å². The van der Waals surface area contributed by atoms with Gasteiger partial charge in [-0.05, 0) is 24.3 Å². The molecule has 0 unspecified atom stereocenters. The summed E-state index contributed by atoms with van der Waals surface area (Å²) in [6.45, 7) is 4.33. The fourth-order valence-corrected chi connectivity index (χ4v) is 3.41. The van der Waals surface area contributed by atoms with Gasteiger partial charge in [0.25, 0.3) is 5.91 Å². The van der Waals surface area contributed by atoms with Crippen LogP contribution in [-0.2, 0) is 0 Å². The zero-order valence-electron chi connectivity index (χ0n) is 17.2. The molecule has 0 bridgehead atoms. The number of aryl methyl sites for hydroxylation is 1. The van der Waals surface area contributed by atoms with Gasteiger partial charge in [-0.25, -0.2) is 4.98 Å². The standard InChI is InChI=1S/C21H23N5O4/c1-14-23-20(24-30-14)15-4-7-19(22-13-15)25-8-10-26(11-9-25)21(27)17-6-5-16(28-2)12-18(17)29-3/h4-7,12-13H,8-11H2,1-3H3. The number of benzene rings is 1. The molecule has 0 atom stereocenters. The van der Waals surface area contributed by atoms with Gasteiger partial charge in [0, 0.05) is 50.9 Å². The number of carbonyl (C=O) groups excluding carboxylic acids is 1. The van der Waals surface area contributed by atoms with Crippen molar-refractivity contribution in [3.63, 3.8) is 0 Å². The molecule has 4 rings (SSSR count). The van der Waals surface area contributed by atoms with Crippen molar-refractivity contribution in [1.29, 1.82) is 0 Å². The third kappa shape index (κ3) is 3.91. The van der Waals surface area contributed by atoms with Crippen molar-refractivity contribution >= 4 is 11.7 Å². The number of anilines is 1. The second-order valence-corrected chi connectivity index (χ2v) is 6.89. The van der Waals surface area contributed by atoms with Crippen LogP contribution in [0.15, 0.2) is 41.1 Å². The van der Waals surface area contributed by atoms with Gasteiger partial charge in [0.05, 0.1) is 19.8 Å². The number of piperazine rings is 1. The molecule has 3 heterocycles. The molecule has 0 saturated carbocycles. The van der Waals surface area contributed by atoms with Crippen LogP contribution in [0, 0.1) is 6.92 Å². The highest BCUT2D eigenvalue weighted by Gasteiger charge is 2.25. The molecule has 30 heavy (non-hydrogen) atoms. The maximum atomic E-state index is 13.0. The minimum atomic E-state index is -0.0510. The zero-order chi connectivity index (χ0) is 21.1. The summed E-state index contributed by atoms with van der Waals surface area (Å²) < 4.78 is 15.6. The van der Waals surface area contributed by atoms with E-state index in [1.54, 1.807) is 45.5 Å². The lowest BCUT2D eigenvalue weighted by Gasteiger charge is -2.35. The van der Waals surface area contributed by atoms with Crippen molar-refractivity contribution in [3.05, 3.63) is 48.0 Å². The molecule has 0 aliphatic carbocycles. The number of ether oxygens (including phenoxy) is 2. The lowest BCUT2D eigenvalue weighted by molar-refractivity contribution is 0.0743. The molecule has 156 valence electrons. The molecule has 0 N–H and O–H groups in total. The first-order valence-electron chi connectivity index (χ1n) is 9.62. The molecular formula is C21H23N5O4. The maximum Gasteiger partial charge on any atom is 0.257 e. The number of hydrogen-bond acceptors (Lipinski definition) is 8. The molecule has 1 aliphatic rings. The topological polar surface area (TPSA) is 93.8 Å². The van der Waals surface area contributed by atoms with Crippen LogP contribution in [0.1, 0.15) is 16.2 Å². The highest BCUT2D eigenvalue weighted by atomic mass is 16.5. The Bertz CT molecular complexity index is 1030. The summed E-state index contributed by atoms with van der Waals surface area (Å²) in [7, 11) is 3.13. The average molecular weight is 409 g/mol. The number of nitrogens with zero attached hydrogens (tertiary/aromatic N) is 5.